The second-order valence-electron chi connectivity index (χ2n) is 3.81. The van der Waals surface area contributed by atoms with E-state index >= 15 is 0 Å². The van der Waals surface area contributed by atoms with Gasteiger partial charge in [-0.1, -0.05) is 12.1 Å². The fourth-order valence-corrected chi connectivity index (χ4v) is 1.87. The highest BCUT2D eigenvalue weighted by Crippen LogP contribution is 2.27. The maximum absolute atomic E-state index is 12.2. The lowest BCUT2D eigenvalue weighted by Crippen LogP contribution is -2.14. The molecule has 0 radical (unpaired) electrons. The Morgan fingerprint density at radius 1 is 1.27 bits per heavy atom. The van der Waals surface area contributed by atoms with E-state index in [4.69, 9.17) is 0 Å². The Balaban J connectivity index is 2.21. The van der Waals surface area contributed by atoms with Gasteiger partial charge in [-0.3, -0.25) is 0 Å². The molecule has 0 saturated heterocycles. The van der Waals surface area contributed by atoms with Crippen molar-refractivity contribution in [2.75, 3.05) is 11.9 Å². The van der Waals surface area contributed by atoms with Gasteiger partial charge in [-0.15, -0.1) is 0 Å². The lowest BCUT2D eigenvalue weighted by Gasteiger charge is -2.19. The molecule has 1 nitrogen and oxygen atoms in total. The number of aryl methyl sites for hydroxylation is 1. The van der Waals surface area contributed by atoms with Crippen LogP contribution in [0.1, 0.15) is 17.5 Å². The van der Waals surface area contributed by atoms with E-state index in [0.717, 1.165) is 30.6 Å². The van der Waals surface area contributed by atoms with Crippen molar-refractivity contribution in [1.82, 2.24) is 0 Å². The minimum absolute atomic E-state index is 0.352. The van der Waals surface area contributed by atoms with Gasteiger partial charge in [0.1, 0.15) is 0 Å². The normalized spacial score (nSPS) is 15.7. The zero-order valence-electron chi connectivity index (χ0n) is 8.19. The van der Waals surface area contributed by atoms with Gasteiger partial charge in [0, 0.05) is 12.2 Å². The third-order valence-electron chi connectivity index (χ3n) is 2.51. The van der Waals surface area contributed by atoms with Crippen molar-refractivity contribution in [2.45, 2.75) is 25.4 Å². The van der Waals surface area contributed by atoms with Crippen molar-refractivity contribution < 1.29 is 13.2 Å². The number of alkyl halides is 3. The van der Waals surface area contributed by atoms with Crippen LogP contribution in [-0.4, -0.2) is 12.7 Å². The molecule has 0 fully saturated rings. The van der Waals surface area contributed by atoms with E-state index < -0.39 is 12.6 Å². The first kappa shape index (κ1) is 10.3. The lowest BCUT2D eigenvalue weighted by molar-refractivity contribution is -0.127. The number of hydrogen-bond acceptors (Lipinski definition) is 1. The molecule has 0 spiro atoms. The van der Waals surface area contributed by atoms with Crippen molar-refractivity contribution in [3.05, 3.63) is 29.3 Å². The molecule has 0 bridgehead atoms. The minimum atomic E-state index is -4.11. The molecule has 15 heavy (non-hydrogen) atoms. The third kappa shape index (κ3) is 2.64. The summed E-state index contributed by atoms with van der Waals surface area (Å²) in [6.07, 6.45) is -3.09. The van der Waals surface area contributed by atoms with Gasteiger partial charge in [0.15, 0.2) is 0 Å². The number of rotatable bonds is 1. The Morgan fingerprint density at radius 2 is 2.07 bits per heavy atom. The Morgan fingerprint density at radius 3 is 2.80 bits per heavy atom. The SMILES string of the molecule is FC(F)(F)Cc1ccc2c(c1)CCCN2. The minimum Gasteiger partial charge on any atom is -0.385 e. The van der Waals surface area contributed by atoms with Gasteiger partial charge in [0.05, 0.1) is 6.42 Å². The number of halogens is 3. The van der Waals surface area contributed by atoms with Crippen LogP contribution in [0.25, 0.3) is 0 Å². The molecule has 0 atom stereocenters. The summed E-state index contributed by atoms with van der Waals surface area (Å²) >= 11 is 0. The molecule has 82 valence electrons. The van der Waals surface area contributed by atoms with Crippen molar-refractivity contribution in [3.8, 4) is 0 Å². The molecular formula is C11H12F3N. The van der Waals surface area contributed by atoms with Crippen molar-refractivity contribution in [1.29, 1.82) is 0 Å². The van der Waals surface area contributed by atoms with Gasteiger partial charge in [0.25, 0.3) is 0 Å². The molecule has 0 aliphatic carbocycles. The molecule has 0 amide bonds. The second kappa shape index (κ2) is 3.76. The molecule has 1 aromatic rings. The van der Waals surface area contributed by atoms with E-state index in [1.165, 1.54) is 0 Å². The standard InChI is InChI=1S/C11H12F3N/c12-11(13,14)7-8-3-4-10-9(6-8)2-1-5-15-10/h3-4,6,15H,1-2,5,7H2. The molecule has 2 rings (SSSR count). The van der Waals surface area contributed by atoms with Crippen LogP contribution in [0.2, 0.25) is 0 Å². The summed E-state index contributed by atoms with van der Waals surface area (Å²) in [6.45, 7) is 0.908. The highest BCUT2D eigenvalue weighted by atomic mass is 19.4. The van der Waals surface area contributed by atoms with E-state index in [9.17, 15) is 13.2 Å². The fourth-order valence-electron chi connectivity index (χ4n) is 1.87. The van der Waals surface area contributed by atoms with Crippen LogP contribution in [0.15, 0.2) is 18.2 Å². The zero-order valence-corrected chi connectivity index (χ0v) is 8.19. The Kier molecular flexibility index (Phi) is 2.59. The largest absolute Gasteiger partial charge is 0.393 e. The van der Waals surface area contributed by atoms with Gasteiger partial charge in [-0.05, 0) is 30.0 Å². The number of benzene rings is 1. The van der Waals surface area contributed by atoms with Crippen molar-refractivity contribution in [3.63, 3.8) is 0 Å². The number of nitrogens with one attached hydrogen (secondary N) is 1. The number of anilines is 1. The Bertz CT molecular complexity index is 357. The van der Waals surface area contributed by atoms with Crippen molar-refractivity contribution >= 4 is 5.69 Å². The van der Waals surface area contributed by atoms with Gasteiger partial charge < -0.3 is 5.32 Å². The summed E-state index contributed by atoms with van der Waals surface area (Å²) < 4.78 is 36.5. The molecule has 0 unspecified atom stereocenters. The average Bonchev–Trinajstić information content (AvgIpc) is 2.15. The zero-order chi connectivity index (χ0) is 10.9. The Labute approximate surface area is 86.3 Å². The van der Waals surface area contributed by atoms with Crippen LogP contribution in [0.4, 0.5) is 18.9 Å². The van der Waals surface area contributed by atoms with Crippen molar-refractivity contribution in [2.24, 2.45) is 0 Å². The molecular weight excluding hydrogens is 203 g/mol. The topological polar surface area (TPSA) is 12.0 Å². The number of fused-ring (bicyclic) bond motifs is 1. The van der Waals surface area contributed by atoms with Crippen LogP contribution in [0.5, 0.6) is 0 Å². The van der Waals surface area contributed by atoms with Crippen LogP contribution in [0.3, 0.4) is 0 Å². The fraction of sp³-hybridized carbons (Fsp3) is 0.455. The van der Waals surface area contributed by atoms with Gasteiger partial charge >= 0.3 is 6.18 Å². The lowest BCUT2D eigenvalue weighted by atomic mass is 9.99. The monoisotopic (exact) mass is 215 g/mol. The highest BCUT2D eigenvalue weighted by Gasteiger charge is 2.27. The van der Waals surface area contributed by atoms with Gasteiger partial charge in [-0.25, -0.2) is 0 Å². The maximum Gasteiger partial charge on any atom is 0.393 e. The summed E-state index contributed by atoms with van der Waals surface area (Å²) in [5.74, 6) is 0. The number of hydrogen-bond donors (Lipinski definition) is 1. The van der Waals surface area contributed by atoms with Crippen LogP contribution < -0.4 is 5.32 Å². The molecule has 1 N–H and O–H groups in total. The first-order valence-electron chi connectivity index (χ1n) is 4.97. The summed E-state index contributed by atoms with van der Waals surface area (Å²) in [5, 5.41) is 3.17. The summed E-state index contributed by atoms with van der Waals surface area (Å²) in [5.41, 5.74) is 2.33. The molecule has 1 aliphatic heterocycles. The molecule has 0 saturated carbocycles. The first-order valence-corrected chi connectivity index (χ1v) is 4.97. The first-order chi connectivity index (χ1) is 7.04. The quantitative estimate of drug-likeness (QED) is 0.758. The third-order valence-corrected chi connectivity index (χ3v) is 2.51. The van der Waals surface area contributed by atoms with Gasteiger partial charge in [-0.2, -0.15) is 13.2 Å². The van der Waals surface area contributed by atoms with Gasteiger partial charge in [0.2, 0.25) is 0 Å². The molecule has 1 heterocycles. The predicted octanol–water partition coefficient (Wildman–Crippen LogP) is 3.15. The second-order valence-corrected chi connectivity index (χ2v) is 3.81. The molecule has 0 aromatic heterocycles. The highest BCUT2D eigenvalue weighted by molar-refractivity contribution is 5.54. The van der Waals surface area contributed by atoms with Crippen LogP contribution >= 0.6 is 0 Å². The molecule has 1 aliphatic rings. The summed E-state index contributed by atoms with van der Waals surface area (Å²) in [4.78, 5) is 0. The maximum atomic E-state index is 12.2. The van der Waals surface area contributed by atoms with E-state index in [1.807, 2.05) is 0 Å². The predicted molar refractivity (Wildman–Crippen MR) is 53.0 cm³/mol. The average molecular weight is 215 g/mol. The molecule has 1 aromatic carbocycles. The molecule has 4 heteroatoms. The summed E-state index contributed by atoms with van der Waals surface area (Å²) in [7, 11) is 0. The van der Waals surface area contributed by atoms with E-state index in [1.54, 1.807) is 18.2 Å². The van der Waals surface area contributed by atoms with E-state index in [-0.39, 0.29) is 0 Å². The van der Waals surface area contributed by atoms with Crippen LogP contribution in [0, 0.1) is 0 Å². The van der Waals surface area contributed by atoms with Crippen LogP contribution in [-0.2, 0) is 12.8 Å². The summed E-state index contributed by atoms with van der Waals surface area (Å²) in [6, 6.07) is 4.95. The van der Waals surface area contributed by atoms with E-state index in [0.29, 0.717) is 5.56 Å². The van der Waals surface area contributed by atoms with E-state index in [2.05, 4.69) is 5.32 Å². The Hall–Kier alpha value is -1.19. The smallest absolute Gasteiger partial charge is 0.385 e.